The Morgan fingerprint density at radius 2 is 2.00 bits per heavy atom. The summed E-state index contributed by atoms with van der Waals surface area (Å²) in [5.41, 5.74) is 2.64. The van der Waals surface area contributed by atoms with Gasteiger partial charge in [-0.2, -0.15) is 0 Å². The Hall–Kier alpha value is -2.27. The molecule has 0 aliphatic rings. The van der Waals surface area contributed by atoms with Gasteiger partial charge in [0.2, 0.25) is 5.91 Å². The van der Waals surface area contributed by atoms with Crippen molar-refractivity contribution in [3.05, 3.63) is 58.1 Å². The van der Waals surface area contributed by atoms with Crippen molar-refractivity contribution in [2.75, 3.05) is 19.0 Å². The lowest BCUT2D eigenvalue weighted by atomic mass is 10.1. The van der Waals surface area contributed by atoms with Gasteiger partial charge in [0.05, 0.1) is 13.7 Å². The lowest BCUT2D eigenvalue weighted by Gasteiger charge is -2.09. The molecule has 0 aliphatic heterocycles. The monoisotopic (exact) mass is 389 g/mol. The summed E-state index contributed by atoms with van der Waals surface area (Å²) < 4.78 is 11.7. The molecule has 2 rings (SSSR count). The number of aryl methyl sites for hydroxylation is 1. The number of benzene rings is 2. The van der Waals surface area contributed by atoms with Crippen LogP contribution in [0, 0.1) is 6.92 Å². The maximum Gasteiger partial charge on any atom is 0.248 e. The zero-order chi connectivity index (χ0) is 17.5. The van der Waals surface area contributed by atoms with E-state index in [1.54, 1.807) is 13.2 Å². The Labute approximate surface area is 150 Å². The van der Waals surface area contributed by atoms with Gasteiger partial charge in [0.1, 0.15) is 0 Å². The third-order valence-electron chi connectivity index (χ3n) is 3.37. The molecular weight excluding hydrogens is 370 g/mol. The van der Waals surface area contributed by atoms with E-state index in [4.69, 9.17) is 9.47 Å². The summed E-state index contributed by atoms with van der Waals surface area (Å²) in [6, 6.07) is 11.3. The molecule has 0 atom stereocenters. The molecule has 0 saturated heterocycles. The summed E-state index contributed by atoms with van der Waals surface area (Å²) >= 11 is 3.40. The number of anilines is 1. The van der Waals surface area contributed by atoms with E-state index in [0.717, 1.165) is 21.3 Å². The summed E-state index contributed by atoms with van der Waals surface area (Å²) in [6.45, 7) is 4.44. The van der Waals surface area contributed by atoms with Crippen LogP contribution in [0.2, 0.25) is 0 Å². The van der Waals surface area contributed by atoms with Gasteiger partial charge in [-0.25, -0.2) is 0 Å². The third-order valence-corrected chi connectivity index (χ3v) is 3.87. The van der Waals surface area contributed by atoms with Gasteiger partial charge in [-0.3, -0.25) is 4.79 Å². The Balaban J connectivity index is 2.09. The van der Waals surface area contributed by atoms with E-state index in [1.165, 1.54) is 6.08 Å². The number of ether oxygens (including phenoxy) is 2. The van der Waals surface area contributed by atoms with Crippen molar-refractivity contribution >= 4 is 33.6 Å². The minimum absolute atomic E-state index is 0.191. The van der Waals surface area contributed by atoms with Gasteiger partial charge in [0, 0.05) is 16.2 Å². The molecule has 0 unspecified atom stereocenters. The first-order valence-corrected chi connectivity index (χ1v) is 8.39. The molecule has 0 aliphatic carbocycles. The summed E-state index contributed by atoms with van der Waals surface area (Å²) in [5, 5.41) is 2.87. The molecule has 24 heavy (non-hydrogen) atoms. The van der Waals surface area contributed by atoms with Crippen LogP contribution in [0.4, 0.5) is 5.69 Å². The van der Waals surface area contributed by atoms with Crippen LogP contribution in [0.3, 0.4) is 0 Å². The van der Waals surface area contributed by atoms with E-state index in [-0.39, 0.29) is 5.91 Å². The number of carbonyl (C=O) groups is 1. The Morgan fingerprint density at radius 3 is 2.71 bits per heavy atom. The highest BCUT2D eigenvalue weighted by molar-refractivity contribution is 9.10. The molecule has 0 fully saturated rings. The molecule has 126 valence electrons. The number of amides is 1. The summed E-state index contributed by atoms with van der Waals surface area (Å²) in [7, 11) is 1.59. The van der Waals surface area contributed by atoms with Crippen molar-refractivity contribution in [1.82, 2.24) is 0 Å². The second kappa shape index (κ2) is 8.55. The SMILES string of the molecule is CCOc1ccc(/C=C/C(=O)Nc2cc(Br)ccc2C)cc1OC. The van der Waals surface area contributed by atoms with Crippen LogP contribution in [-0.2, 0) is 4.79 Å². The molecule has 1 amide bonds. The van der Waals surface area contributed by atoms with Gasteiger partial charge in [-0.1, -0.05) is 28.1 Å². The van der Waals surface area contributed by atoms with Gasteiger partial charge >= 0.3 is 0 Å². The Kier molecular flexibility index (Phi) is 6.44. The molecule has 1 N–H and O–H groups in total. The largest absolute Gasteiger partial charge is 0.493 e. The lowest BCUT2D eigenvalue weighted by molar-refractivity contribution is -0.111. The molecule has 4 nitrogen and oxygen atoms in total. The zero-order valence-corrected chi connectivity index (χ0v) is 15.5. The third kappa shape index (κ3) is 4.86. The molecule has 0 radical (unpaired) electrons. The van der Waals surface area contributed by atoms with E-state index in [1.807, 2.05) is 50.2 Å². The maximum atomic E-state index is 12.1. The van der Waals surface area contributed by atoms with Gasteiger partial charge < -0.3 is 14.8 Å². The van der Waals surface area contributed by atoms with Crippen molar-refractivity contribution in [3.8, 4) is 11.5 Å². The Morgan fingerprint density at radius 1 is 1.21 bits per heavy atom. The van der Waals surface area contributed by atoms with Gasteiger partial charge in [-0.05, 0) is 55.3 Å². The van der Waals surface area contributed by atoms with Crippen LogP contribution in [0.15, 0.2) is 46.9 Å². The first-order chi connectivity index (χ1) is 11.5. The standard InChI is InChI=1S/C19H20BrNO3/c1-4-24-17-9-6-14(11-18(17)23-3)7-10-19(22)21-16-12-15(20)8-5-13(16)2/h5-12H,4H2,1-3H3,(H,21,22)/b10-7+. The van der Waals surface area contributed by atoms with E-state index in [9.17, 15) is 4.79 Å². The molecule has 2 aromatic carbocycles. The summed E-state index contributed by atoms with van der Waals surface area (Å²) in [6.07, 6.45) is 3.23. The molecule has 5 heteroatoms. The van der Waals surface area contributed by atoms with E-state index >= 15 is 0 Å². The van der Waals surface area contributed by atoms with Gasteiger partial charge in [-0.15, -0.1) is 0 Å². The summed E-state index contributed by atoms with van der Waals surface area (Å²) in [4.78, 5) is 12.1. The Bertz CT molecular complexity index is 756. The molecule has 2 aromatic rings. The fourth-order valence-corrected chi connectivity index (χ4v) is 2.50. The highest BCUT2D eigenvalue weighted by Gasteiger charge is 2.05. The molecule has 0 saturated carbocycles. The highest BCUT2D eigenvalue weighted by Crippen LogP contribution is 2.28. The topological polar surface area (TPSA) is 47.6 Å². The van der Waals surface area contributed by atoms with Gasteiger partial charge in [0.25, 0.3) is 0 Å². The molecule has 0 aromatic heterocycles. The average Bonchev–Trinajstić information content (AvgIpc) is 2.57. The molecule has 0 bridgehead atoms. The van der Waals surface area contributed by atoms with Crippen molar-refractivity contribution in [2.24, 2.45) is 0 Å². The minimum atomic E-state index is -0.191. The predicted molar refractivity (Wildman–Crippen MR) is 101 cm³/mol. The van der Waals surface area contributed by atoms with E-state index < -0.39 is 0 Å². The maximum absolute atomic E-state index is 12.1. The first kappa shape index (κ1) is 18.1. The van der Waals surface area contributed by atoms with Gasteiger partial charge in [0.15, 0.2) is 11.5 Å². The van der Waals surface area contributed by atoms with Crippen LogP contribution >= 0.6 is 15.9 Å². The van der Waals surface area contributed by atoms with Crippen molar-refractivity contribution in [1.29, 1.82) is 0 Å². The second-order valence-corrected chi connectivity index (χ2v) is 6.04. The van der Waals surface area contributed by atoms with Crippen LogP contribution < -0.4 is 14.8 Å². The smallest absolute Gasteiger partial charge is 0.248 e. The van der Waals surface area contributed by atoms with Crippen molar-refractivity contribution in [3.63, 3.8) is 0 Å². The van der Waals surface area contributed by atoms with Crippen LogP contribution in [0.1, 0.15) is 18.1 Å². The average molecular weight is 390 g/mol. The second-order valence-electron chi connectivity index (χ2n) is 5.13. The van der Waals surface area contributed by atoms with Crippen LogP contribution in [0.5, 0.6) is 11.5 Å². The molecular formula is C19H20BrNO3. The van der Waals surface area contributed by atoms with Crippen LogP contribution in [0.25, 0.3) is 6.08 Å². The fourth-order valence-electron chi connectivity index (χ4n) is 2.14. The van der Waals surface area contributed by atoms with Crippen molar-refractivity contribution < 1.29 is 14.3 Å². The molecule has 0 heterocycles. The number of hydrogen-bond donors (Lipinski definition) is 1. The predicted octanol–water partition coefficient (Wildman–Crippen LogP) is 4.82. The van der Waals surface area contributed by atoms with Crippen molar-refractivity contribution in [2.45, 2.75) is 13.8 Å². The highest BCUT2D eigenvalue weighted by atomic mass is 79.9. The number of methoxy groups -OCH3 is 1. The normalized spacial score (nSPS) is 10.7. The number of nitrogens with one attached hydrogen (secondary N) is 1. The lowest BCUT2D eigenvalue weighted by Crippen LogP contribution is -2.08. The number of rotatable bonds is 6. The number of carbonyl (C=O) groups excluding carboxylic acids is 1. The number of hydrogen-bond acceptors (Lipinski definition) is 3. The minimum Gasteiger partial charge on any atom is -0.493 e. The van der Waals surface area contributed by atoms with E-state index in [2.05, 4.69) is 21.2 Å². The first-order valence-electron chi connectivity index (χ1n) is 7.59. The molecule has 0 spiro atoms. The zero-order valence-electron chi connectivity index (χ0n) is 13.9. The summed E-state index contributed by atoms with van der Waals surface area (Å²) in [5.74, 6) is 1.14. The van der Waals surface area contributed by atoms with E-state index in [0.29, 0.717) is 18.1 Å². The number of halogens is 1. The fraction of sp³-hybridized carbons (Fsp3) is 0.211. The van der Waals surface area contributed by atoms with Crippen LogP contribution in [-0.4, -0.2) is 19.6 Å². The quantitative estimate of drug-likeness (QED) is 0.720.